The molecule has 0 atom stereocenters. The molecule has 2 aromatic heterocycles. The van der Waals surface area contributed by atoms with Crippen molar-refractivity contribution in [3.8, 4) is 22.8 Å². The summed E-state index contributed by atoms with van der Waals surface area (Å²) in [5.74, 6) is 5.95. The molecule has 0 radical (unpaired) electrons. The van der Waals surface area contributed by atoms with E-state index in [2.05, 4.69) is 42.1 Å². The van der Waals surface area contributed by atoms with Gasteiger partial charge in [0.15, 0.2) is 5.82 Å². The van der Waals surface area contributed by atoms with Gasteiger partial charge in [0, 0.05) is 35.2 Å². The summed E-state index contributed by atoms with van der Waals surface area (Å²) in [6, 6.07) is 8.69. The monoisotopic (exact) mass is 467 g/mol. The molecule has 4 bridgehead atoms. The molecule has 5 heteroatoms. The fourth-order valence-electron chi connectivity index (χ4n) is 7.83. The number of aromatic nitrogens is 5. The molecule has 0 unspecified atom stereocenters. The molecular formula is C30H37N5. The number of aryl methyl sites for hydroxylation is 2. The number of rotatable bonds is 4. The van der Waals surface area contributed by atoms with E-state index in [1.54, 1.807) is 0 Å². The Morgan fingerprint density at radius 3 is 1.71 bits per heavy atom. The summed E-state index contributed by atoms with van der Waals surface area (Å²) in [5, 5.41) is 0. The molecule has 6 aliphatic rings. The normalized spacial score (nSPS) is 31.7. The zero-order valence-corrected chi connectivity index (χ0v) is 21.3. The molecule has 3 aromatic rings. The van der Waals surface area contributed by atoms with Crippen LogP contribution in [0.2, 0.25) is 0 Å². The van der Waals surface area contributed by atoms with Crippen LogP contribution in [0.25, 0.3) is 22.8 Å². The van der Waals surface area contributed by atoms with E-state index in [0.717, 1.165) is 52.0 Å². The second-order valence-electron chi connectivity index (χ2n) is 12.2. The SMILES string of the molecule is Cc1cn(C)c(-c2cccc(-c3nc(C45CCC(CC4)CC5)nc(C45CCC(CC4)CC5)n3)c2)n1. The highest BCUT2D eigenvalue weighted by molar-refractivity contribution is 5.66. The van der Waals surface area contributed by atoms with Crippen molar-refractivity contribution in [1.29, 1.82) is 0 Å². The first-order chi connectivity index (χ1) is 17.0. The van der Waals surface area contributed by atoms with Crippen molar-refractivity contribution in [2.45, 2.75) is 94.8 Å². The smallest absolute Gasteiger partial charge is 0.163 e. The van der Waals surface area contributed by atoms with Gasteiger partial charge < -0.3 is 4.57 Å². The van der Waals surface area contributed by atoms with Crippen molar-refractivity contribution < 1.29 is 0 Å². The van der Waals surface area contributed by atoms with Gasteiger partial charge in [-0.15, -0.1) is 0 Å². The van der Waals surface area contributed by atoms with Gasteiger partial charge in [-0.3, -0.25) is 0 Å². The lowest BCUT2D eigenvalue weighted by atomic mass is 9.59. The molecule has 5 nitrogen and oxygen atoms in total. The number of fused-ring (bicyclic) bond motifs is 6. The molecule has 35 heavy (non-hydrogen) atoms. The quantitative estimate of drug-likeness (QED) is 0.429. The third-order valence-electron chi connectivity index (χ3n) is 10.1. The van der Waals surface area contributed by atoms with E-state index in [1.807, 2.05) is 6.92 Å². The van der Waals surface area contributed by atoms with Crippen LogP contribution in [0.15, 0.2) is 30.5 Å². The zero-order chi connectivity index (χ0) is 23.6. The lowest BCUT2D eigenvalue weighted by molar-refractivity contribution is 0.117. The molecule has 1 aromatic carbocycles. The van der Waals surface area contributed by atoms with E-state index >= 15 is 0 Å². The van der Waals surface area contributed by atoms with Gasteiger partial charge in [0.1, 0.15) is 17.5 Å². The fraction of sp³-hybridized carbons (Fsp3) is 0.600. The third kappa shape index (κ3) is 3.56. The molecule has 0 amide bonds. The maximum absolute atomic E-state index is 5.40. The van der Waals surface area contributed by atoms with Crippen LogP contribution in [-0.2, 0) is 17.9 Å². The van der Waals surface area contributed by atoms with Crippen molar-refractivity contribution >= 4 is 0 Å². The van der Waals surface area contributed by atoms with Crippen LogP contribution >= 0.6 is 0 Å². The van der Waals surface area contributed by atoms with E-state index in [9.17, 15) is 0 Å². The van der Waals surface area contributed by atoms with Gasteiger partial charge in [0.2, 0.25) is 0 Å². The zero-order valence-electron chi connectivity index (χ0n) is 21.3. The molecule has 6 aliphatic carbocycles. The highest BCUT2D eigenvalue weighted by Gasteiger charge is 2.47. The summed E-state index contributed by atoms with van der Waals surface area (Å²) >= 11 is 0. The van der Waals surface area contributed by atoms with Crippen LogP contribution in [0.3, 0.4) is 0 Å². The Balaban J connectivity index is 1.36. The Labute approximate surface area is 208 Å². The van der Waals surface area contributed by atoms with Crippen molar-refractivity contribution in [3.63, 3.8) is 0 Å². The van der Waals surface area contributed by atoms with Crippen molar-refractivity contribution in [1.82, 2.24) is 24.5 Å². The number of benzene rings is 1. The predicted octanol–water partition coefficient (Wildman–Crippen LogP) is 6.69. The van der Waals surface area contributed by atoms with Crippen molar-refractivity contribution in [2.24, 2.45) is 18.9 Å². The second kappa shape index (κ2) is 7.97. The summed E-state index contributed by atoms with van der Waals surface area (Å²) < 4.78 is 2.11. The third-order valence-corrected chi connectivity index (χ3v) is 10.1. The molecule has 0 saturated heterocycles. The van der Waals surface area contributed by atoms with Crippen LogP contribution in [0.1, 0.15) is 94.4 Å². The maximum Gasteiger partial charge on any atom is 0.163 e. The molecule has 6 fully saturated rings. The van der Waals surface area contributed by atoms with Gasteiger partial charge in [-0.1, -0.05) is 18.2 Å². The number of hydrogen-bond donors (Lipinski definition) is 0. The lowest BCUT2D eigenvalue weighted by Gasteiger charge is -2.47. The highest BCUT2D eigenvalue weighted by Crippen LogP contribution is 2.53. The first-order valence-corrected chi connectivity index (χ1v) is 13.9. The Bertz CT molecular complexity index is 1180. The van der Waals surface area contributed by atoms with Crippen molar-refractivity contribution in [3.05, 3.63) is 47.8 Å². The largest absolute Gasteiger partial charge is 0.334 e. The van der Waals surface area contributed by atoms with Crippen LogP contribution in [-0.4, -0.2) is 24.5 Å². The topological polar surface area (TPSA) is 56.5 Å². The Kier molecular flexibility index (Phi) is 4.94. The van der Waals surface area contributed by atoms with Crippen LogP contribution in [0.4, 0.5) is 0 Å². The average Bonchev–Trinajstić information content (AvgIpc) is 3.28. The summed E-state index contributed by atoms with van der Waals surface area (Å²) in [4.78, 5) is 20.7. The van der Waals surface area contributed by atoms with Crippen LogP contribution < -0.4 is 0 Å². The first kappa shape index (κ1) is 21.7. The fourth-order valence-corrected chi connectivity index (χ4v) is 7.83. The molecular weight excluding hydrogens is 430 g/mol. The maximum atomic E-state index is 5.40. The summed E-state index contributed by atoms with van der Waals surface area (Å²) in [6.45, 7) is 2.05. The number of imidazole rings is 1. The van der Waals surface area contributed by atoms with E-state index < -0.39 is 0 Å². The molecule has 0 spiro atoms. The molecule has 9 rings (SSSR count). The summed E-state index contributed by atoms with van der Waals surface area (Å²) in [6.07, 6.45) is 17.7. The van der Waals surface area contributed by atoms with E-state index in [4.69, 9.17) is 19.9 Å². The van der Waals surface area contributed by atoms with Gasteiger partial charge >= 0.3 is 0 Å². The Morgan fingerprint density at radius 1 is 0.714 bits per heavy atom. The number of hydrogen-bond acceptors (Lipinski definition) is 4. The minimum absolute atomic E-state index is 0.165. The highest BCUT2D eigenvalue weighted by atomic mass is 15.1. The minimum atomic E-state index is 0.165. The molecule has 2 heterocycles. The Hall–Kier alpha value is -2.56. The van der Waals surface area contributed by atoms with Gasteiger partial charge in [0.05, 0.1) is 5.69 Å². The minimum Gasteiger partial charge on any atom is -0.334 e. The standard InChI is InChI=1S/C30H37N5/c1-20-19-35(2)26(31-20)24-5-3-4-23(18-24)25-32-27(29-12-6-21(7-13-29)8-14-29)34-28(33-25)30-15-9-22(10-16-30)11-17-30/h3-5,18-19,21-22H,6-17H2,1-2H3. The van der Waals surface area contributed by atoms with Gasteiger partial charge in [0.25, 0.3) is 0 Å². The lowest BCUT2D eigenvalue weighted by Crippen LogP contribution is -2.42. The van der Waals surface area contributed by atoms with Crippen molar-refractivity contribution in [2.75, 3.05) is 0 Å². The molecule has 6 saturated carbocycles. The van der Waals surface area contributed by atoms with Gasteiger partial charge in [-0.25, -0.2) is 19.9 Å². The van der Waals surface area contributed by atoms with E-state index in [-0.39, 0.29) is 10.8 Å². The molecule has 0 aliphatic heterocycles. The Morgan fingerprint density at radius 2 is 1.23 bits per heavy atom. The van der Waals surface area contributed by atoms with E-state index in [0.29, 0.717) is 0 Å². The summed E-state index contributed by atoms with van der Waals surface area (Å²) in [7, 11) is 2.07. The summed E-state index contributed by atoms with van der Waals surface area (Å²) in [5.41, 5.74) is 3.58. The van der Waals surface area contributed by atoms with Crippen LogP contribution in [0, 0.1) is 18.8 Å². The second-order valence-corrected chi connectivity index (χ2v) is 12.2. The van der Waals surface area contributed by atoms with Gasteiger partial charge in [-0.2, -0.15) is 0 Å². The van der Waals surface area contributed by atoms with Gasteiger partial charge in [-0.05, 0) is 102 Å². The predicted molar refractivity (Wildman–Crippen MR) is 138 cm³/mol. The van der Waals surface area contributed by atoms with Crippen LogP contribution in [0.5, 0.6) is 0 Å². The first-order valence-electron chi connectivity index (χ1n) is 13.9. The van der Waals surface area contributed by atoms with E-state index in [1.165, 1.54) is 77.0 Å². The molecule has 182 valence electrons. The average molecular weight is 468 g/mol. The number of nitrogens with zero attached hydrogens (tertiary/aromatic N) is 5. The molecule has 0 N–H and O–H groups in total.